The van der Waals surface area contributed by atoms with Crippen molar-refractivity contribution in [1.29, 1.82) is 0 Å². The summed E-state index contributed by atoms with van der Waals surface area (Å²) >= 11 is 3.38. The van der Waals surface area contributed by atoms with Crippen LogP contribution in [0.1, 0.15) is 43.4 Å². The lowest BCUT2D eigenvalue weighted by Gasteiger charge is -2.27. The first-order chi connectivity index (χ1) is 16.8. The summed E-state index contributed by atoms with van der Waals surface area (Å²) < 4.78 is 12.3. The zero-order valence-corrected chi connectivity index (χ0v) is 22.3. The van der Waals surface area contributed by atoms with E-state index in [4.69, 9.17) is 9.47 Å². The third-order valence-corrected chi connectivity index (χ3v) is 6.48. The van der Waals surface area contributed by atoms with E-state index in [9.17, 15) is 14.7 Å². The molecule has 0 aromatic heterocycles. The Bertz CT molecular complexity index is 1080. The number of likely N-dealkylation sites (N-methyl/N-ethyl adjacent to an activating group) is 1. The summed E-state index contributed by atoms with van der Waals surface area (Å²) in [4.78, 5) is 29.7. The number of hydrogen-bond donors (Lipinski definition) is 1. The number of amides is 1. The Morgan fingerprint density at radius 1 is 1.09 bits per heavy atom. The molecule has 8 heteroatoms. The van der Waals surface area contributed by atoms with Crippen molar-refractivity contribution in [3.8, 4) is 11.5 Å². The molecule has 0 radical (unpaired) electrons. The van der Waals surface area contributed by atoms with Crippen LogP contribution in [-0.4, -0.2) is 67.5 Å². The smallest absolute Gasteiger partial charge is 0.295 e. The van der Waals surface area contributed by atoms with Gasteiger partial charge < -0.3 is 24.4 Å². The van der Waals surface area contributed by atoms with Crippen LogP contribution in [-0.2, 0) is 9.59 Å². The van der Waals surface area contributed by atoms with Crippen LogP contribution in [0.5, 0.6) is 11.5 Å². The van der Waals surface area contributed by atoms with Crippen LogP contribution in [0.4, 0.5) is 0 Å². The molecule has 2 aromatic carbocycles. The molecular formula is C27H33BrN2O5. The summed E-state index contributed by atoms with van der Waals surface area (Å²) in [6, 6.07) is 11.6. The van der Waals surface area contributed by atoms with E-state index < -0.39 is 17.7 Å². The highest BCUT2D eigenvalue weighted by atomic mass is 79.9. The maximum absolute atomic E-state index is 13.2. The molecule has 1 unspecified atom stereocenters. The average Bonchev–Trinajstić information content (AvgIpc) is 3.10. The summed E-state index contributed by atoms with van der Waals surface area (Å²) in [6.45, 7) is 3.61. The summed E-state index contributed by atoms with van der Waals surface area (Å²) in [5.41, 5.74) is 1.20. The molecule has 2 aromatic rings. The lowest BCUT2D eigenvalue weighted by atomic mass is 9.95. The number of ketones is 1. The van der Waals surface area contributed by atoms with Gasteiger partial charge in [0.1, 0.15) is 5.76 Å². The normalized spacial score (nSPS) is 17.3. The van der Waals surface area contributed by atoms with Crippen molar-refractivity contribution in [2.75, 3.05) is 40.9 Å². The third-order valence-electron chi connectivity index (χ3n) is 5.95. The number of Topliss-reactive ketones (excluding diaryl/α,β-unsaturated/α-hetero) is 1. The van der Waals surface area contributed by atoms with Gasteiger partial charge in [0.05, 0.1) is 25.3 Å². The van der Waals surface area contributed by atoms with Crippen molar-refractivity contribution in [3.05, 3.63) is 63.6 Å². The van der Waals surface area contributed by atoms with Crippen molar-refractivity contribution >= 4 is 33.4 Å². The third kappa shape index (κ3) is 6.24. The lowest BCUT2D eigenvalue weighted by molar-refractivity contribution is -0.140. The Hall–Kier alpha value is -2.84. The number of halogens is 1. The average molecular weight is 545 g/mol. The molecule has 1 N–H and O–H groups in total. The summed E-state index contributed by atoms with van der Waals surface area (Å²) in [7, 11) is 5.37. The minimum absolute atomic E-state index is 0.0646. The number of aliphatic hydroxyl groups excluding tert-OH is 1. The molecule has 0 spiro atoms. The number of likely N-dealkylation sites (tertiary alicyclic amines) is 1. The van der Waals surface area contributed by atoms with Crippen molar-refractivity contribution < 1.29 is 24.2 Å². The minimum Gasteiger partial charge on any atom is -0.507 e. The molecule has 188 valence electrons. The second-order valence-electron chi connectivity index (χ2n) is 8.77. The van der Waals surface area contributed by atoms with Gasteiger partial charge in [-0.1, -0.05) is 53.9 Å². The van der Waals surface area contributed by atoms with Crippen molar-refractivity contribution in [3.63, 3.8) is 0 Å². The standard InChI is InChI=1S/C27H33BrN2O5/c1-5-6-7-16-35-21-13-10-19(17-22(21)34-4)24-23(25(31)18-8-11-20(28)12-9-18)26(32)27(33)30(24)15-14-29(2)3/h8-13,17,24,31H,5-7,14-16H2,1-4H3/b25-23+. The first-order valence-electron chi connectivity index (χ1n) is 11.8. The second-order valence-corrected chi connectivity index (χ2v) is 9.68. The Morgan fingerprint density at radius 2 is 1.80 bits per heavy atom. The number of ether oxygens (including phenoxy) is 2. The van der Waals surface area contributed by atoms with E-state index in [1.165, 1.54) is 4.90 Å². The maximum Gasteiger partial charge on any atom is 0.295 e. The second kappa shape index (κ2) is 12.2. The number of unbranched alkanes of at least 4 members (excludes halogenated alkanes) is 2. The molecule has 1 atom stereocenters. The van der Waals surface area contributed by atoms with Gasteiger partial charge in [-0.2, -0.15) is 0 Å². The van der Waals surface area contributed by atoms with Gasteiger partial charge in [-0.05, 0) is 50.3 Å². The highest BCUT2D eigenvalue weighted by Crippen LogP contribution is 2.42. The fraction of sp³-hybridized carbons (Fsp3) is 0.407. The number of carbonyl (C=O) groups excluding carboxylic acids is 2. The van der Waals surface area contributed by atoms with Gasteiger partial charge in [0.15, 0.2) is 11.5 Å². The first kappa shape index (κ1) is 26.8. The zero-order valence-electron chi connectivity index (χ0n) is 20.7. The molecule has 0 saturated carbocycles. The predicted molar refractivity (Wildman–Crippen MR) is 140 cm³/mol. The van der Waals surface area contributed by atoms with Crippen molar-refractivity contribution in [1.82, 2.24) is 9.80 Å². The van der Waals surface area contributed by atoms with Gasteiger partial charge >= 0.3 is 0 Å². The van der Waals surface area contributed by atoms with Crippen molar-refractivity contribution in [2.24, 2.45) is 0 Å². The summed E-state index contributed by atoms with van der Waals surface area (Å²) in [5.74, 6) is -0.416. The first-order valence-corrected chi connectivity index (χ1v) is 12.6. The van der Waals surface area contributed by atoms with Gasteiger partial charge in [0.2, 0.25) is 0 Å². The SMILES string of the molecule is CCCCCOc1ccc(C2/C(=C(\O)c3ccc(Br)cc3)C(=O)C(=O)N2CCN(C)C)cc1OC. The quantitative estimate of drug-likeness (QED) is 0.185. The summed E-state index contributed by atoms with van der Waals surface area (Å²) in [5, 5.41) is 11.2. The lowest BCUT2D eigenvalue weighted by Crippen LogP contribution is -2.35. The topological polar surface area (TPSA) is 79.3 Å². The number of nitrogens with zero attached hydrogens (tertiary/aromatic N) is 2. The number of methoxy groups -OCH3 is 1. The van der Waals surface area contributed by atoms with E-state index in [0.717, 1.165) is 23.7 Å². The molecule has 1 saturated heterocycles. The van der Waals surface area contributed by atoms with Crippen LogP contribution in [0.3, 0.4) is 0 Å². The number of hydrogen-bond acceptors (Lipinski definition) is 6. The Labute approximate surface area is 215 Å². The van der Waals surface area contributed by atoms with Crippen molar-refractivity contribution in [2.45, 2.75) is 32.2 Å². The van der Waals surface area contributed by atoms with E-state index in [2.05, 4.69) is 22.9 Å². The largest absolute Gasteiger partial charge is 0.507 e. The van der Waals surface area contributed by atoms with Crippen LogP contribution in [0.25, 0.3) is 5.76 Å². The van der Waals surface area contributed by atoms with E-state index in [0.29, 0.717) is 42.3 Å². The monoisotopic (exact) mass is 544 g/mol. The highest BCUT2D eigenvalue weighted by Gasteiger charge is 2.46. The molecule has 0 bridgehead atoms. The number of aliphatic hydroxyl groups is 1. The van der Waals surface area contributed by atoms with Crippen LogP contribution >= 0.6 is 15.9 Å². The van der Waals surface area contributed by atoms with Crippen LogP contribution in [0, 0.1) is 0 Å². The molecule has 7 nitrogen and oxygen atoms in total. The summed E-state index contributed by atoms with van der Waals surface area (Å²) in [6.07, 6.45) is 3.12. The highest BCUT2D eigenvalue weighted by molar-refractivity contribution is 9.10. The number of carbonyl (C=O) groups is 2. The van der Waals surface area contributed by atoms with Crippen LogP contribution < -0.4 is 9.47 Å². The van der Waals surface area contributed by atoms with Gasteiger partial charge in [-0.3, -0.25) is 9.59 Å². The minimum atomic E-state index is -0.748. The van der Waals surface area contributed by atoms with E-state index in [-0.39, 0.29) is 11.3 Å². The molecule has 1 amide bonds. The predicted octanol–water partition coefficient (Wildman–Crippen LogP) is 5.01. The number of benzene rings is 2. The Balaban J connectivity index is 2.06. The van der Waals surface area contributed by atoms with Gasteiger partial charge in [0.25, 0.3) is 11.7 Å². The molecule has 0 aliphatic carbocycles. The van der Waals surface area contributed by atoms with Crippen LogP contribution in [0.15, 0.2) is 52.5 Å². The fourth-order valence-electron chi connectivity index (χ4n) is 4.04. The van der Waals surface area contributed by atoms with E-state index >= 15 is 0 Å². The van der Waals surface area contributed by atoms with Crippen LogP contribution in [0.2, 0.25) is 0 Å². The molecule has 35 heavy (non-hydrogen) atoms. The maximum atomic E-state index is 13.2. The Kier molecular flexibility index (Phi) is 9.34. The molecule has 1 heterocycles. The molecule has 1 aliphatic rings. The fourth-order valence-corrected chi connectivity index (χ4v) is 4.30. The molecule has 1 aliphatic heterocycles. The molecular weight excluding hydrogens is 512 g/mol. The van der Waals surface area contributed by atoms with Gasteiger partial charge in [-0.25, -0.2) is 0 Å². The molecule has 3 rings (SSSR count). The molecule has 1 fully saturated rings. The van der Waals surface area contributed by atoms with Gasteiger partial charge in [-0.15, -0.1) is 0 Å². The zero-order chi connectivity index (χ0) is 25.5. The van der Waals surface area contributed by atoms with E-state index in [1.54, 1.807) is 43.5 Å². The Morgan fingerprint density at radius 3 is 2.43 bits per heavy atom. The van der Waals surface area contributed by atoms with Gasteiger partial charge in [0, 0.05) is 23.1 Å². The van der Waals surface area contributed by atoms with E-state index in [1.807, 2.05) is 25.1 Å². The number of rotatable bonds is 11.